The molecule has 3 rings (SSSR count). The highest BCUT2D eigenvalue weighted by molar-refractivity contribution is 5.78. The lowest BCUT2D eigenvalue weighted by molar-refractivity contribution is -0.144. The maximum atomic E-state index is 12.5. The number of carbonyl (C=O) groups is 1. The lowest BCUT2D eigenvalue weighted by atomic mass is 10.2. The van der Waals surface area contributed by atoms with Crippen LogP contribution >= 0.6 is 0 Å². The monoisotopic (exact) mass is 328 g/mol. The number of hydrogen-bond acceptors (Lipinski definition) is 5. The van der Waals surface area contributed by atoms with Crippen LogP contribution in [0.5, 0.6) is 0 Å². The summed E-state index contributed by atoms with van der Waals surface area (Å²) in [6.07, 6.45) is 1.96. The molecule has 1 fully saturated rings. The summed E-state index contributed by atoms with van der Waals surface area (Å²) in [6, 6.07) is 7.80. The molecule has 6 heteroatoms. The fourth-order valence-corrected chi connectivity index (χ4v) is 3.12. The Morgan fingerprint density at radius 1 is 1.25 bits per heavy atom. The minimum Gasteiger partial charge on any atom is -0.372 e. The molecule has 128 valence electrons. The molecule has 1 aromatic heterocycles. The normalized spacial score (nSPS) is 21.4. The fourth-order valence-electron chi connectivity index (χ4n) is 3.12. The van der Waals surface area contributed by atoms with Gasteiger partial charge in [-0.15, -0.1) is 0 Å². The summed E-state index contributed by atoms with van der Waals surface area (Å²) in [5, 5.41) is 0. The molecule has 1 aromatic carbocycles. The first-order chi connectivity index (χ1) is 11.5. The Labute approximate surface area is 142 Å². The van der Waals surface area contributed by atoms with Gasteiger partial charge in [0.2, 0.25) is 5.91 Å². The van der Waals surface area contributed by atoms with Crippen molar-refractivity contribution in [1.29, 1.82) is 0 Å². The second-order valence-corrected chi connectivity index (χ2v) is 6.58. The molecule has 2 heterocycles. The van der Waals surface area contributed by atoms with Crippen LogP contribution in [0.1, 0.15) is 19.5 Å². The van der Waals surface area contributed by atoms with Crippen LogP contribution in [0.2, 0.25) is 0 Å². The molecule has 0 bridgehead atoms. The molecule has 0 unspecified atom stereocenters. The van der Waals surface area contributed by atoms with Gasteiger partial charge in [0.05, 0.1) is 41.7 Å². The number of amides is 1. The van der Waals surface area contributed by atoms with Gasteiger partial charge in [-0.25, -0.2) is 4.98 Å². The van der Waals surface area contributed by atoms with Crippen LogP contribution in [0.4, 0.5) is 0 Å². The summed E-state index contributed by atoms with van der Waals surface area (Å²) in [5.41, 5.74) is 2.63. The van der Waals surface area contributed by atoms with Gasteiger partial charge in [-0.1, -0.05) is 12.1 Å². The van der Waals surface area contributed by atoms with Gasteiger partial charge in [-0.05, 0) is 33.0 Å². The van der Waals surface area contributed by atoms with E-state index in [9.17, 15) is 4.79 Å². The van der Waals surface area contributed by atoms with Crippen LogP contribution in [-0.2, 0) is 16.1 Å². The van der Waals surface area contributed by atoms with Gasteiger partial charge >= 0.3 is 0 Å². The van der Waals surface area contributed by atoms with Crippen molar-refractivity contribution in [2.24, 2.45) is 0 Å². The van der Waals surface area contributed by atoms with E-state index in [0.29, 0.717) is 26.2 Å². The van der Waals surface area contributed by atoms with Crippen LogP contribution < -0.4 is 0 Å². The Balaban J connectivity index is 1.59. The number of fused-ring (bicyclic) bond motifs is 1. The van der Waals surface area contributed by atoms with Crippen molar-refractivity contribution in [1.82, 2.24) is 19.8 Å². The summed E-state index contributed by atoms with van der Waals surface area (Å²) >= 11 is 0. The molecule has 0 radical (unpaired) electrons. The predicted octanol–water partition coefficient (Wildman–Crippen LogP) is 1.70. The van der Waals surface area contributed by atoms with Crippen LogP contribution in [0.3, 0.4) is 0 Å². The van der Waals surface area contributed by atoms with Crippen molar-refractivity contribution in [3.05, 3.63) is 36.2 Å². The number of benzene rings is 1. The topological polar surface area (TPSA) is 58.6 Å². The lowest BCUT2D eigenvalue weighted by Gasteiger charge is -2.36. The van der Waals surface area contributed by atoms with Gasteiger partial charge in [0.1, 0.15) is 0 Å². The van der Waals surface area contributed by atoms with Crippen molar-refractivity contribution in [2.75, 3.05) is 26.7 Å². The molecule has 2 atom stereocenters. The Kier molecular flexibility index (Phi) is 5.06. The highest BCUT2D eigenvalue weighted by Crippen LogP contribution is 2.12. The van der Waals surface area contributed by atoms with Crippen LogP contribution in [0.15, 0.2) is 30.5 Å². The van der Waals surface area contributed by atoms with E-state index >= 15 is 0 Å². The minimum atomic E-state index is 0.0920. The summed E-state index contributed by atoms with van der Waals surface area (Å²) in [7, 11) is 1.93. The molecule has 0 saturated carbocycles. The van der Waals surface area contributed by atoms with Crippen molar-refractivity contribution in [3.8, 4) is 0 Å². The average Bonchev–Trinajstić information content (AvgIpc) is 2.53. The molecule has 1 saturated heterocycles. The molecule has 24 heavy (non-hydrogen) atoms. The lowest BCUT2D eigenvalue weighted by Crippen LogP contribution is -2.50. The van der Waals surface area contributed by atoms with E-state index in [0.717, 1.165) is 16.7 Å². The van der Waals surface area contributed by atoms with Crippen LogP contribution in [0.25, 0.3) is 11.0 Å². The van der Waals surface area contributed by atoms with E-state index in [1.807, 2.05) is 55.0 Å². The highest BCUT2D eigenvalue weighted by Gasteiger charge is 2.26. The molecule has 1 aliphatic heterocycles. The number of morpholine rings is 1. The number of likely N-dealkylation sites (N-methyl/N-ethyl adjacent to an activating group) is 1. The van der Waals surface area contributed by atoms with Gasteiger partial charge in [-0.3, -0.25) is 14.7 Å². The van der Waals surface area contributed by atoms with E-state index in [2.05, 4.69) is 9.97 Å². The Morgan fingerprint density at radius 2 is 1.92 bits per heavy atom. The standard InChI is InChI=1S/C18H24N4O2/c1-13-9-22(10-14(2)24-13)18(23)12-21(3)11-15-8-19-16-6-4-5-7-17(16)20-15/h4-8,13-14H,9-12H2,1-3H3/t13-,14+. The Morgan fingerprint density at radius 3 is 2.62 bits per heavy atom. The van der Waals surface area contributed by atoms with E-state index < -0.39 is 0 Å². The van der Waals surface area contributed by atoms with E-state index in [4.69, 9.17) is 4.74 Å². The minimum absolute atomic E-state index is 0.0920. The molecule has 0 aliphatic carbocycles. The number of rotatable bonds is 4. The van der Waals surface area contributed by atoms with Crippen LogP contribution in [-0.4, -0.2) is 64.6 Å². The van der Waals surface area contributed by atoms with Gasteiger partial charge in [-0.2, -0.15) is 0 Å². The molecule has 0 spiro atoms. The zero-order valence-corrected chi connectivity index (χ0v) is 14.5. The van der Waals surface area contributed by atoms with Gasteiger partial charge in [0, 0.05) is 19.6 Å². The summed E-state index contributed by atoms with van der Waals surface area (Å²) in [5.74, 6) is 0.133. The first-order valence-corrected chi connectivity index (χ1v) is 8.33. The van der Waals surface area contributed by atoms with Crippen molar-refractivity contribution >= 4 is 16.9 Å². The predicted molar refractivity (Wildman–Crippen MR) is 92.5 cm³/mol. The largest absolute Gasteiger partial charge is 0.372 e. The summed E-state index contributed by atoms with van der Waals surface area (Å²) < 4.78 is 5.68. The van der Waals surface area contributed by atoms with Crippen molar-refractivity contribution in [2.45, 2.75) is 32.6 Å². The van der Waals surface area contributed by atoms with Gasteiger partial charge in [0.25, 0.3) is 0 Å². The number of para-hydroxylation sites is 2. The highest BCUT2D eigenvalue weighted by atomic mass is 16.5. The molecule has 6 nitrogen and oxygen atoms in total. The van der Waals surface area contributed by atoms with E-state index in [-0.39, 0.29) is 18.1 Å². The van der Waals surface area contributed by atoms with Crippen molar-refractivity contribution in [3.63, 3.8) is 0 Å². The number of carbonyl (C=O) groups excluding carboxylic acids is 1. The first-order valence-electron chi connectivity index (χ1n) is 8.33. The first kappa shape index (κ1) is 16.8. The fraction of sp³-hybridized carbons (Fsp3) is 0.500. The van der Waals surface area contributed by atoms with Crippen LogP contribution in [0, 0.1) is 0 Å². The molecule has 1 aliphatic rings. The zero-order valence-electron chi connectivity index (χ0n) is 14.5. The quantitative estimate of drug-likeness (QED) is 0.855. The molecular formula is C18H24N4O2. The van der Waals surface area contributed by atoms with Gasteiger partial charge < -0.3 is 9.64 Å². The summed E-state index contributed by atoms with van der Waals surface area (Å²) in [4.78, 5) is 25.4. The molecular weight excluding hydrogens is 304 g/mol. The third-order valence-corrected chi connectivity index (χ3v) is 4.11. The number of ether oxygens (including phenoxy) is 1. The number of hydrogen-bond donors (Lipinski definition) is 0. The molecule has 1 amide bonds. The third-order valence-electron chi connectivity index (χ3n) is 4.11. The second kappa shape index (κ2) is 7.23. The SMILES string of the molecule is C[C@@H]1CN(C(=O)CN(C)Cc2cnc3ccccc3n2)C[C@H](C)O1. The summed E-state index contributed by atoms with van der Waals surface area (Å²) in [6.45, 7) is 6.29. The Hall–Kier alpha value is -2.05. The van der Waals surface area contributed by atoms with E-state index in [1.54, 1.807) is 6.20 Å². The average molecular weight is 328 g/mol. The maximum Gasteiger partial charge on any atom is 0.236 e. The van der Waals surface area contributed by atoms with Crippen molar-refractivity contribution < 1.29 is 9.53 Å². The molecule has 2 aromatic rings. The number of aromatic nitrogens is 2. The number of nitrogens with zero attached hydrogens (tertiary/aromatic N) is 4. The second-order valence-electron chi connectivity index (χ2n) is 6.58. The Bertz CT molecular complexity index is 711. The van der Waals surface area contributed by atoms with Gasteiger partial charge in [0.15, 0.2) is 0 Å². The third kappa shape index (κ3) is 4.07. The molecule has 0 N–H and O–H groups in total. The maximum absolute atomic E-state index is 12.5. The smallest absolute Gasteiger partial charge is 0.236 e. The zero-order chi connectivity index (χ0) is 17.1. The van der Waals surface area contributed by atoms with E-state index in [1.165, 1.54) is 0 Å².